The summed E-state index contributed by atoms with van der Waals surface area (Å²) < 4.78 is 11.7. The van der Waals surface area contributed by atoms with Gasteiger partial charge in [0.25, 0.3) is 0 Å². The first-order valence-electron chi connectivity index (χ1n) is 7.23. The van der Waals surface area contributed by atoms with E-state index in [1.54, 1.807) is 0 Å². The Labute approximate surface area is 105 Å². The molecule has 2 saturated carbocycles. The molecular formula is C14H27NO2. The lowest BCUT2D eigenvalue weighted by atomic mass is 9.94. The maximum Gasteiger partial charge on any atom is 0.0700 e. The van der Waals surface area contributed by atoms with E-state index in [0.29, 0.717) is 18.3 Å². The van der Waals surface area contributed by atoms with Crippen molar-refractivity contribution in [2.24, 2.45) is 0 Å². The third kappa shape index (κ3) is 4.57. The number of hydrogen-bond donors (Lipinski definition) is 1. The molecule has 0 aliphatic heterocycles. The fraction of sp³-hybridized carbons (Fsp3) is 1.00. The number of ether oxygens (including phenoxy) is 2. The Kier molecular flexibility index (Phi) is 5.26. The van der Waals surface area contributed by atoms with Crippen molar-refractivity contribution in [3.05, 3.63) is 0 Å². The van der Waals surface area contributed by atoms with Crippen LogP contribution in [-0.2, 0) is 9.47 Å². The van der Waals surface area contributed by atoms with E-state index < -0.39 is 0 Å². The molecule has 3 unspecified atom stereocenters. The molecule has 0 spiro atoms. The van der Waals surface area contributed by atoms with E-state index in [1.165, 1.54) is 32.1 Å². The SMILES string of the molecule is CCC(CNC1CC1)OC1CCCC(OC)C1. The Balaban J connectivity index is 1.68. The molecular weight excluding hydrogens is 214 g/mol. The summed E-state index contributed by atoms with van der Waals surface area (Å²) in [4.78, 5) is 0. The third-order valence-corrected chi connectivity index (χ3v) is 3.96. The molecule has 0 heterocycles. The fourth-order valence-electron chi connectivity index (χ4n) is 2.59. The molecule has 3 atom stereocenters. The van der Waals surface area contributed by atoms with Crippen LogP contribution in [0.5, 0.6) is 0 Å². The van der Waals surface area contributed by atoms with Gasteiger partial charge >= 0.3 is 0 Å². The molecule has 1 N–H and O–H groups in total. The third-order valence-electron chi connectivity index (χ3n) is 3.96. The van der Waals surface area contributed by atoms with Crippen LogP contribution in [0.4, 0.5) is 0 Å². The van der Waals surface area contributed by atoms with Crippen LogP contribution >= 0.6 is 0 Å². The van der Waals surface area contributed by atoms with Gasteiger partial charge in [-0.1, -0.05) is 6.92 Å². The van der Waals surface area contributed by atoms with Gasteiger partial charge in [-0.25, -0.2) is 0 Å². The lowest BCUT2D eigenvalue weighted by Gasteiger charge is -2.31. The molecule has 17 heavy (non-hydrogen) atoms. The van der Waals surface area contributed by atoms with Crippen LogP contribution in [-0.4, -0.2) is 38.0 Å². The number of nitrogens with one attached hydrogen (secondary N) is 1. The lowest BCUT2D eigenvalue weighted by Crippen LogP contribution is -2.36. The Morgan fingerprint density at radius 2 is 1.94 bits per heavy atom. The van der Waals surface area contributed by atoms with Crippen LogP contribution in [0, 0.1) is 0 Å². The summed E-state index contributed by atoms with van der Waals surface area (Å²) in [5, 5.41) is 3.57. The van der Waals surface area contributed by atoms with Crippen molar-refractivity contribution >= 4 is 0 Å². The van der Waals surface area contributed by atoms with Gasteiger partial charge in [-0.05, 0) is 44.9 Å². The first-order chi connectivity index (χ1) is 8.31. The number of methoxy groups -OCH3 is 1. The summed E-state index contributed by atoms with van der Waals surface area (Å²) in [5.41, 5.74) is 0. The predicted octanol–water partition coefficient (Wildman–Crippen LogP) is 2.49. The lowest BCUT2D eigenvalue weighted by molar-refractivity contribution is -0.0649. The van der Waals surface area contributed by atoms with Gasteiger partial charge in [-0.3, -0.25) is 0 Å². The van der Waals surface area contributed by atoms with Gasteiger partial charge in [0.15, 0.2) is 0 Å². The van der Waals surface area contributed by atoms with E-state index >= 15 is 0 Å². The van der Waals surface area contributed by atoms with Crippen molar-refractivity contribution in [3.63, 3.8) is 0 Å². The van der Waals surface area contributed by atoms with Gasteiger partial charge in [-0.2, -0.15) is 0 Å². The molecule has 100 valence electrons. The molecule has 2 aliphatic carbocycles. The summed E-state index contributed by atoms with van der Waals surface area (Å²) in [7, 11) is 1.82. The van der Waals surface area contributed by atoms with Gasteiger partial charge < -0.3 is 14.8 Å². The minimum Gasteiger partial charge on any atom is -0.381 e. The molecule has 3 heteroatoms. The highest BCUT2D eigenvalue weighted by Gasteiger charge is 2.26. The van der Waals surface area contributed by atoms with E-state index in [0.717, 1.165) is 25.4 Å². The highest BCUT2D eigenvalue weighted by molar-refractivity contribution is 4.82. The predicted molar refractivity (Wildman–Crippen MR) is 69.2 cm³/mol. The van der Waals surface area contributed by atoms with Gasteiger partial charge in [0, 0.05) is 19.7 Å². The van der Waals surface area contributed by atoms with E-state index in [-0.39, 0.29) is 0 Å². The molecule has 0 aromatic heterocycles. The normalized spacial score (nSPS) is 31.4. The van der Waals surface area contributed by atoms with Crippen molar-refractivity contribution in [1.29, 1.82) is 0 Å². The van der Waals surface area contributed by atoms with Gasteiger partial charge in [0.2, 0.25) is 0 Å². The second-order valence-electron chi connectivity index (χ2n) is 5.50. The number of hydrogen-bond acceptors (Lipinski definition) is 3. The Hall–Kier alpha value is -0.120. The Bertz CT molecular complexity index is 218. The molecule has 0 aromatic carbocycles. The molecule has 0 radical (unpaired) electrons. The van der Waals surface area contributed by atoms with E-state index in [2.05, 4.69) is 12.2 Å². The van der Waals surface area contributed by atoms with Crippen molar-refractivity contribution in [3.8, 4) is 0 Å². The molecule has 2 aliphatic rings. The fourth-order valence-corrected chi connectivity index (χ4v) is 2.59. The van der Waals surface area contributed by atoms with Crippen LogP contribution in [0.1, 0.15) is 51.9 Å². The molecule has 3 nitrogen and oxygen atoms in total. The van der Waals surface area contributed by atoms with Crippen molar-refractivity contribution in [2.45, 2.75) is 76.2 Å². The van der Waals surface area contributed by atoms with Gasteiger partial charge in [-0.15, -0.1) is 0 Å². The van der Waals surface area contributed by atoms with E-state index in [4.69, 9.17) is 9.47 Å². The zero-order valence-corrected chi connectivity index (χ0v) is 11.3. The highest BCUT2D eigenvalue weighted by atomic mass is 16.5. The molecule has 0 saturated heterocycles. The zero-order valence-electron chi connectivity index (χ0n) is 11.3. The molecule has 2 fully saturated rings. The van der Waals surface area contributed by atoms with Crippen LogP contribution < -0.4 is 5.32 Å². The molecule has 0 bridgehead atoms. The molecule has 2 rings (SSSR count). The average molecular weight is 241 g/mol. The summed E-state index contributed by atoms with van der Waals surface area (Å²) >= 11 is 0. The van der Waals surface area contributed by atoms with Crippen molar-refractivity contribution in [1.82, 2.24) is 5.32 Å². The minimum absolute atomic E-state index is 0.385. The Morgan fingerprint density at radius 3 is 2.59 bits per heavy atom. The van der Waals surface area contributed by atoms with Crippen LogP contribution in [0.15, 0.2) is 0 Å². The maximum absolute atomic E-state index is 6.21. The monoisotopic (exact) mass is 241 g/mol. The van der Waals surface area contributed by atoms with E-state index in [1.807, 2.05) is 7.11 Å². The standard InChI is InChI=1S/C14H27NO2/c1-3-12(10-15-11-7-8-11)17-14-6-4-5-13(9-14)16-2/h11-15H,3-10H2,1-2H3. The first-order valence-corrected chi connectivity index (χ1v) is 7.23. The van der Waals surface area contributed by atoms with Crippen LogP contribution in [0.25, 0.3) is 0 Å². The van der Waals surface area contributed by atoms with Crippen molar-refractivity contribution in [2.75, 3.05) is 13.7 Å². The summed E-state index contributed by atoms with van der Waals surface area (Å²) in [6, 6.07) is 0.783. The van der Waals surface area contributed by atoms with Crippen LogP contribution in [0.3, 0.4) is 0 Å². The Morgan fingerprint density at radius 1 is 1.18 bits per heavy atom. The summed E-state index contributed by atoms with van der Waals surface area (Å²) in [6.07, 6.45) is 9.77. The minimum atomic E-state index is 0.385. The second kappa shape index (κ2) is 6.72. The molecule has 0 aromatic rings. The second-order valence-corrected chi connectivity index (χ2v) is 5.50. The first kappa shape index (κ1) is 13.3. The summed E-state index contributed by atoms with van der Waals surface area (Å²) in [5.74, 6) is 0. The highest BCUT2D eigenvalue weighted by Crippen LogP contribution is 2.25. The smallest absolute Gasteiger partial charge is 0.0700 e. The quantitative estimate of drug-likeness (QED) is 0.743. The van der Waals surface area contributed by atoms with Gasteiger partial charge in [0.1, 0.15) is 0 Å². The number of rotatable bonds is 7. The topological polar surface area (TPSA) is 30.5 Å². The molecule has 0 amide bonds. The van der Waals surface area contributed by atoms with Crippen LogP contribution in [0.2, 0.25) is 0 Å². The average Bonchev–Trinajstić information content (AvgIpc) is 3.18. The summed E-state index contributed by atoms with van der Waals surface area (Å²) in [6.45, 7) is 3.24. The maximum atomic E-state index is 6.21. The van der Waals surface area contributed by atoms with Crippen molar-refractivity contribution < 1.29 is 9.47 Å². The van der Waals surface area contributed by atoms with Gasteiger partial charge in [0.05, 0.1) is 18.3 Å². The van der Waals surface area contributed by atoms with E-state index in [9.17, 15) is 0 Å². The zero-order chi connectivity index (χ0) is 12.1. The largest absolute Gasteiger partial charge is 0.381 e.